The van der Waals surface area contributed by atoms with Gasteiger partial charge in [-0.2, -0.15) is 0 Å². The Balaban J connectivity index is 2.75. The number of rotatable bonds is 7. The Morgan fingerprint density at radius 2 is 2.05 bits per heavy atom. The second kappa shape index (κ2) is 8.64. The SMILES string of the molecule is CCC(=O)Nc1ccc(Cl)c(NC(=O)C(C)CCCN)c1. The molecule has 116 valence electrons. The summed E-state index contributed by atoms with van der Waals surface area (Å²) in [5.41, 5.74) is 6.54. The number of carbonyl (C=O) groups excluding carboxylic acids is 2. The average Bonchev–Trinajstić information content (AvgIpc) is 2.47. The quantitative estimate of drug-likeness (QED) is 0.723. The van der Waals surface area contributed by atoms with Gasteiger partial charge >= 0.3 is 0 Å². The third-order valence-electron chi connectivity index (χ3n) is 3.12. The van der Waals surface area contributed by atoms with E-state index >= 15 is 0 Å². The molecule has 1 aromatic rings. The zero-order valence-electron chi connectivity index (χ0n) is 12.4. The minimum Gasteiger partial charge on any atom is -0.330 e. The van der Waals surface area contributed by atoms with Crippen molar-refractivity contribution in [3.05, 3.63) is 23.2 Å². The first kappa shape index (κ1) is 17.5. The van der Waals surface area contributed by atoms with Crippen LogP contribution in [0.2, 0.25) is 5.02 Å². The van der Waals surface area contributed by atoms with Crippen LogP contribution >= 0.6 is 11.6 Å². The van der Waals surface area contributed by atoms with Gasteiger partial charge in [-0.15, -0.1) is 0 Å². The molecular formula is C15H22ClN3O2. The number of benzene rings is 1. The summed E-state index contributed by atoms with van der Waals surface area (Å²) in [7, 11) is 0. The van der Waals surface area contributed by atoms with Crippen molar-refractivity contribution in [3.8, 4) is 0 Å². The highest BCUT2D eigenvalue weighted by molar-refractivity contribution is 6.33. The van der Waals surface area contributed by atoms with Crippen LogP contribution in [-0.4, -0.2) is 18.4 Å². The second-order valence-corrected chi connectivity index (χ2v) is 5.32. The smallest absolute Gasteiger partial charge is 0.227 e. The summed E-state index contributed by atoms with van der Waals surface area (Å²) in [6.07, 6.45) is 1.92. The zero-order valence-corrected chi connectivity index (χ0v) is 13.2. The first-order chi connectivity index (χ1) is 9.97. The molecule has 1 aromatic carbocycles. The highest BCUT2D eigenvalue weighted by Gasteiger charge is 2.14. The number of hydrogen-bond acceptors (Lipinski definition) is 3. The molecule has 1 rings (SSSR count). The lowest BCUT2D eigenvalue weighted by Gasteiger charge is -2.14. The number of nitrogens with one attached hydrogen (secondary N) is 2. The van der Waals surface area contributed by atoms with E-state index < -0.39 is 0 Å². The number of anilines is 2. The van der Waals surface area contributed by atoms with E-state index in [1.807, 2.05) is 6.92 Å². The van der Waals surface area contributed by atoms with Crippen LogP contribution in [0, 0.1) is 5.92 Å². The van der Waals surface area contributed by atoms with E-state index in [4.69, 9.17) is 17.3 Å². The Morgan fingerprint density at radius 1 is 1.33 bits per heavy atom. The van der Waals surface area contributed by atoms with Gasteiger partial charge in [-0.25, -0.2) is 0 Å². The van der Waals surface area contributed by atoms with Crippen molar-refractivity contribution in [2.45, 2.75) is 33.1 Å². The van der Waals surface area contributed by atoms with Crippen LogP contribution in [0.15, 0.2) is 18.2 Å². The molecule has 2 amide bonds. The molecule has 0 aromatic heterocycles. The largest absolute Gasteiger partial charge is 0.330 e. The van der Waals surface area contributed by atoms with Crippen molar-refractivity contribution >= 4 is 34.8 Å². The van der Waals surface area contributed by atoms with E-state index in [-0.39, 0.29) is 17.7 Å². The molecule has 0 spiro atoms. The first-order valence-electron chi connectivity index (χ1n) is 7.08. The van der Waals surface area contributed by atoms with E-state index in [2.05, 4.69) is 10.6 Å². The number of nitrogens with two attached hydrogens (primary N) is 1. The van der Waals surface area contributed by atoms with E-state index in [9.17, 15) is 9.59 Å². The Labute approximate surface area is 130 Å². The van der Waals surface area contributed by atoms with Gasteiger partial charge in [0.25, 0.3) is 0 Å². The van der Waals surface area contributed by atoms with E-state index in [1.54, 1.807) is 25.1 Å². The maximum atomic E-state index is 12.1. The van der Waals surface area contributed by atoms with Crippen molar-refractivity contribution in [2.75, 3.05) is 17.2 Å². The molecule has 6 heteroatoms. The fourth-order valence-corrected chi connectivity index (χ4v) is 1.92. The molecule has 1 atom stereocenters. The highest BCUT2D eigenvalue weighted by Crippen LogP contribution is 2.26. The molecule has 0 heterocycles. The summed E-state index contributed by atoms with van der Waals surface area (Å²) in [6.45, 7) is 4.19. The fourth-order valence-electron chi connectivity index (χ4n) is 1.76. The summed E-state index contributed by atoms with van der Waals surface area (Å²) < 4.78 is 0. The van der Waals surface area contributed by atoms with Crippen molar-refractivity contribution in [1.82, 2.24) is 0 Å². The predicted octanol–water partition coefficient (Wildman–Crippen LogP) is 3.00. The summed E-state index contributed by atoms with van der Waals surface area (Å²) >= 11 is 6.07. The van der Waals surface area contributed by atoms with Crippen LogP contribution in [0.3, 0.4) is 0 Å². The van der Waals surface area contributed by atoms with Crippen LogP contribution in [0.25, 0.3) is 0 Å². The van der Waals surface area contributed by atoms with Gasteiger partial charge in [0.05, 0.1) is 10.7 Å². The highest BCUT2D eigenvalue weighted by atomic mass is 35.5. The summed E-state index contributed by atoms with van der Waals surface area (Å²) in [5.74, 6) is -0.339. The molecule has 0 bridgehead atoms. The molecule has 0 aliphatic carbocycles. The maximum Gasteiger partial charge on any atom is 0.227 e. The van der Waals surface area contributed by atoms with Gasteiger partial charge in [0, 0.05) is 18.0 Å². The van der Waals surface area contributed by atoms with Crippen LogP contribution in [0.1, 0.15) is 33.1 Å². The molecule has 0 saturated carbocycles. The second-order valence-electron chi connectivity index (χ2n) is 4.92. The minimum atomic E-state index is -0.140. The van der Waals surface area contributed by atoms with Crippen LogP contribution < -0.4 is 16.4 Å². The lowest BCUT2D eigenvalue weighted by molar-refractivity contribution is -0.119. The molecule has 0 saturated heterocycles. The van der Waals surface area contributed by atoms with E-state index in [0.717, 1.165) is 12.8 Å². The van der Waals surface area contributed by atoms with Gasteiger partial charge < -0.3 is 16.4 Å². The van der Waals surface area contributed by atoms with Crippen LogP contribution in [-0.2, 0) is 9.59 Å². The lowest BCUT2D eigenvalue weighted by Crippen LogP contribution is -2.21. The van der Waals surface area contributed by atoms with Crippen molar-refractivity contribution in [3.63, 3.8) is 0 Å². The third kappa shape index (κ3) is 5.73. The Morgan fingerprint density at radius 3 is 2.67 bits per heavy atom. The molecule has 1 unspecified atom stereocenters. The number of hydrogen-bond donors (Lipinski definition) is 3. The van der Waals surface area contributed by atoms with Crippen LogP contribution in [0.4, 0.5) is 11.4 Å². The zero-order chi connectivity index (χ0) is 15.8. The van der Waals surface area contributed by atoms with Gasteiger partial charge in [0.1, 0.15) is 0 Å². The topological polar surface area (TPSA) is 84.2 Å². The van der Waals surface area contributed by atoms with Crippen molar-refractivity contribution in [1.29, 1.82) is 0 Å². The third-order valence-corrected chi connectivity index (χ3v) is 3.45. The Bertz CT molecular complexity index is 506. The summed E-state index contributed by atoms with van der Waals surface area (Å²) in [5, 5.41) is 5.95. The molecule has 4 N–H and O–H groups in total. The first-order valence-corrected chi connectivity index (χ1v) is 7.46. The fraction of sp³-hybridized carbons (Fsp3) is 0.467. The molecule has 0 radical (unpaired) electrons. The molecular weight excluding hydrogens is 290 g/mol. The van der Waals surface area contributed by atoms with Crippen molar-refractivity contribution < 1.29 is 9.59 Å². The summed E-state index contributed by atoms with van der Waals surface area (Å²) in [4.78, 5) is 23.4. The van der Waals surface area contributed by atoms with Gasteiger partial charge in [-0.05, 0) is 37.6 Å². The molecule has 0 aliphatic rings. The molecule has 0 aliphatic heterocycles. The van der Waals surface area contributed by atoms with Gasteiger partial charge in [0.15, 0.2) is 0 Å². The van der Waals surface area contributed by atoms with E-state index in [1.165, 1.54) is 0 Å². The maximum absolute atomic E-state index is 12.1. The standard InChI is InChI=1S/C15H22ClN3O2/c1-3-14(20)18-11-6-7-12(16)13(9-11)19-15(21)10(2)5-4-8-17/h6-7,9-10H,3-5,8,17H2,1-2H3,(H,18,20)(H,19,21). The van der Waals surface area contributed by atoms with Gasteiger partial charge in [-0.3, -0.25) is 9.59 Å². The lowest BCUT2D eigenvalue weighted by atomic mass is 10.0. The normalized spacial score (nSPS) is 11.8. The Hall–Kier alpha value is -1.59. The molecule has 5 nitrogen and oxygen atoms in total. The summed E-state index contributed by atoms with van der Waals surface area (Å²) in [6, 6.07) is 5.00. The van der Waals surface area contributed by atoms with E-state index in [0.29, 0.717) is 29.4 Å². The number of halogens is 1. The molecule has 0 fully saturated rings. The Kier molecular flexibility index (Phi) is 7.19. The van der Waals surface area contributed by atoms with Crippen molar-refractivity contribution in [2.24, 2.45) is 11.7 Å². The monoisotopic (exact) mass is 311 g/mol. The molecule has 21 heavy (non-hydrogen) atoms. The number of carbonyl (C=O) groups is 2. The van der Waals surface area contributed by atoms with Crippen LogP contribution in [0.5, 0.6) is 0 Å². The predicted molar refractivity (Wildman–Crippen MR) is 86.5 cm³/mol. The van der Waals surface area contributed by atoms with Gasteiger partial charge in [0.2, 0.25) is 11.8 Å². The average molecular weight is 312 g/mol. The van der Waals surface area contributed by atoms with Gasteiger partial charge in [-0.1, -0.05) is 25.4 Å². The minimum absolute atomic E-state index is 0.0917. The number of amides is 2.